The van der Waals surface area contributed by atoms with Gasteiger partial charge in [0.25, 0.3) is 0 Å². The van der Waals surface area contributed by atoms with Gasteiger partial charge in [0.15, 0.2) is 0 Å². The Balaban J connectivity index is 1.90. The van der Waals surface area contributed by atoms with Crippen LogP contribution in [0.15, 0.2) is 72.8 Å². The molecule has 27 heavy (non-hydrogen) atoms. The topological polar surface area (TPSA) is 0 Å². The van der Waals surface area contributed by atoms with Crippen LogP contribution in [0.1, 0.15) is 47.6 Å². The molecule has 0 atom stereocenters. The first kappa shape index (κ1) is 19.4. The molecule has 0 amide bonds. The Labute approximate surface area is 163 Å². The van der Waals surface area contributed by atoms with E-state index in [1.54, 1.807) is 6.07 Å². The van der Waals surface area contributed by atoms with Gasteiger partial charge < -0.3 is 0 Å². The fraction of sp³-hybridized carbons (Fsp3) is 0.269. The van der Waals surface area contributed by atoms with Gasteiger partial charge in [0.2, 0.25) is 0 Å². The van der Waals surface area contributed by atoms with Crippen LogP contribution in [0.2, 0.25) is 0 Å². The molecule has 0 spiro atoms. The van der Waals surface area contributed by atoms with Gasteiger partial charge in [0.1, 0.15) is 5.82 Å². The molecule has 3 aromatic carbocycles. The zero-order valence-corrected chi connectivity index (χ0v) is 16.3. The van der Waals surface area contributed by atoms with Crippen molar-refractivity contribution in [2.45, 2.75) is 46.0 Å². The van der Waals surface area contributed by atoms with E-state index in [1.807, 2.05) is 6.07 Å². The van der Waals surface area contributed by atoms with E-state index in [2.05, 4.69) is 74.5 Å². The van der Waals surface area contributed by atoms with E-state index < -0.39 is 0 Å². The molecule has 0 unspecified atom stereocenters. The van der Waals surface area contributed by atoms with E-state index in [1.165, 1.54) is 22.6 Å². The molecule has 0 heterocycles. The van der Waals surface area contributed by atoms with Gasteiger partial charge in [-0.3, -0.25) is 0 Å². The molecule has 139 valence electrons. The summed E-state index contributed by atoms with van der Waals surface area (Å²) < 4.78 is 14.3. The van der Waals surface area contributed by atoms with Gasteiger partial charge in [-0.25, -0.2) is 4.39 Å². The summed E-state index contributed by atoms with van der Waals surface area (Å²) in [5.41, 5.74) is 5.86. The van der Waals surface area contributed by atoms with Crippen LogP contribution in [0.5, 0.6) is 0 Å². The van der Waals surface area contributed by atoms with Crippen LogP contribution >= 0.6 is 0 Å². The minimum Gasteiger partial charge on any atom is -0.207 e. The molecule has 0 N–H and O–H groups in total. The van der Waals surface area contributed by atoms with Gasteiger partial charge in [-0.2, -0.15) is 0 Å². The molecule has 3 rings (SSSR count). The van der Waals surface area contributed by atoms with Crippen LogP contribution in [0.25, 0.3) is 0 Å². The van der Waals surface area contributed by atoms with Gasteiger partial charge in [0, 0.05) is 5.92 Å². The SMILES string of the molecule is CCCc1c(F)ccc([C](CCc2ccccc2)Cc2ccccc2)c1C. The molecule has 0 nitrogen and oxygen atoms in total. The largest absolute Gasteiger partial charge is 0.207 e. The van der Waals surface area contributed by atoms with E-state index in [0.717, 1.165) is 43.2 Å². The fourth-order valence-electron chi connectivity index (χ4n) is 3.76. The zero-order valence-electron chi connectivity index (χ0n) is 16.3. The number of benzene rings is 3. The van der Waals surface area contributed by atoms with Crippen LogP contribution < -0.4 is 0 Å². The lowest BCUT2D eigenvalue weighted by atomic mass is 9.83. The van der Waals surface area contributed by atoms with Crippen molar-refractivity contribution >= 4 is 0 Å². The Kier molecular flexibility index (Phi) is 6.81. The van der Waals surface area contributed by atoms with Crippen molar-refractivity contribution in [3.05, 3.63) is 112 Å². The van der Waals surface area contributed by atoms with Crippen LogP contribution in [0.3, 0.4) is 0 Å². The van der Waals surface area contributed by atoms with Gasteiger partial charge in [-0.05, 0) is 66.5 Å². The minimum atomic E-state index is -0.0692. The maximum Gasteiger partial charge on any atom is 0.126 e. The fourth-order valence-corrected chi connectivity index (χ4v) is 3.76. The average Bonchev–Trinajstić information content (AvgIpc) is 2.70. The third-order valence-electron chi connectivity index (χ3n) is 5.24. The summed E-state index contributed by atoms with van der Waals surface area (Å²) in [5, 5.41) is 0. The molecule has 0 aliphatic heterocycles. The normalized spacial score (nSPS) is 11.1. The van der Waals surface area contributed by atoms with Gasteiger partial charge >= 0.3 is 0 Å². The lowest BCUT2D eigenvalue weighted by Gasteiger charge is -2.21. The maximum absolute atomic E-state index is 14.3. The monoisotopic (exact) mass is 359 g/mol. The molecule has 0 aliphatic carbocycles. The Morgan fingerprint density at radius 3 is 2.04 bits per heavy atom. The quantitative estimate of drug-likeness (QED) is 0.411. The summed E-state index contributed by atoms with van der Waals surface area (Å²) in [6.07, 6.45) is 4.65. The third kappa shape index (κ3) is 5.07. The summed E-state index contributed by atoms with van der Waals surface area (Å²) in [6.45, 7) is 4.19. The van der Waals surface area contributed by atoms with Gasteiger partial charge in [0.05, 0.1) is 0 Å². The van der Waals surface area contributed by atoms with Gasteiger partial charge in [-0.15, -0.1) is 0 Å². The predicted octanol–water partition coefficient (Wildman–Crippen LogP) is 6.88. The van der Waals surface area contributed by atoms with E-state index in [4.69, 9.17) is 0 Å². The maximum atomic E-state index is 14.3. The average molecular weight is 360 g/mol. The minimum absolute atomic E-state index is 0.0692. The molecule has 0 aromatic heterocycles. The molecule has 0 saturated carbocycles. The highest BCUT2D eigenvalue weighted by molar-refractivity contribution is 5.45. The second-order valence-electron chi connectivity index (χ2n) is 7.20. The summed E-state index contributed by atoms with van der Waals surface area (Å²) >= 11 is 0. The van der Waals surface area contributed by atoms with E-state index >= 15 is 0 Å². The molecule has 1 radical (unpaired) electrons. The highest BCUT2D eigenvalue weighted by atomic mass is 19.1. The van der Waals surface area contributed by atoms with Crippen molar-refractivity contribution in [1.82, 2.24) is 0 Å². The number of halogens is 1. The molecule has 0 fully saturated rings. The zero-order chi connectivity index (χ0) is 19.1. The molecular formula is C26H28F. The highest BCUT2D eigenvalue weighted by Gasteiger charge is 2.19. The lowest BCUT2D eigenvalue weighted by Crippen LogP contribution is -2.10. The number of hydrogen-bond donors (Lipinski definition) is 0. The van der Waals surface area contributed by atoms with Crippen molar-refractivity contribution in [1.29, 1.82) is 0 Å². The molecular weight excluding hydrogens is 331 g/mol. The Hall–Kier alpha value is -2.41. The Morgan fingerprint density at radius 2 is 1.41 bits per heavy atom. The van der Waals surface area contributed by atoms with Crippen molar-refractivity contribution in [3.63, 3.8) is 0 Å². The second kappa shape index (κ2) is 9.50. The van der Waals surface area contributed by atoms with Gasteiger partial charge in [-0.1, -0.05) is 80.1 Å². The van der Waals surface area contributed by atoms with E-state index in [-0.39, 0.29) is 5.82 Å². The highest BCUT2D eigenvalue weighted by Crippen LogP contribution is 2.31. The van der Waals surface area contributed by atoms with Crippen molar-refractivity contribution in [3.8, 4) is 0 Å². The lowest BCUT2D eigenvalue weighted by molar-refractivity contribution is 0.603. The first-order valence-corrected chi connectivity index (χ1v) is 9.90. The summed E-state index contributed by atoms with van der Waals surface area (Å²) in [4.78, 5) is 0. The predicted molar refractivity (Wildman–Crippen MR) is 112 cm³/mol. The first-order valence-electron chi connectivity index (χ1n) is 9.90. The standard InChI is InChI=1S/C26H28F/c1-3-10-25-20(2)24(17-18-26(25)27)23(19-22-13-8-5-9-14-22)16-15-21-11-6-4-7-12-21/h4-9,11-14,17-18H,3,10,15-16,19H2,1-2H3. The van der Waals surface area contributed by atoms with Crippen LogP contribution in [0, 0.1) is 18.7 Å². The summed E-state index contributed by atoms with van der Waals surface area (Å²) in [5.74, 6) is 1.32. The molecule has 3 aromatic rings. The number of hydrogen-bond acceptors (Lipinski definition) is 0. The third-order valence-corrected chi connectivity index (χ3v) is 5.24. The second-order valence-corrected chi connectivity index (χ2v) is 7.20. The van der Waals surface area contributed by atoms with Crippen molar-refractivity contribution in [2.24, 2.45) is 0 Å². The molecule has 0 bridgehead atoms. The number of aryl methyl sites for hydroxylation is 1. The van der Waals surface area contributed by atoms with Crippen molar-refractivity contribution in [2.75, 3.05) is 0 Å². The summed E-state index contributed by atoms with van der Waals surface area (Å²) in [7, 11) is 0. The number of rotatable bonds is 8. The van der Waals surface area contributed by atoms with Crippen LogP contribution in [0.4, 0.5) is 4.39 Å². The molecule has 0 saturated heterocycles. The van der Waals surface area contributed by atoms with Crippen molar-refractivity contribution < 1.29 is 4.39 Å². The smallest absolute Gasteiger partial charge is 0.126 e. The van der Waals surface area contributed by atoms with E-state index in [0.29, 0.717) is 0 Å². The summed E-state index contributed by atoms with van der Waals surface area (Å²) in [6, 6.07) is 24.8. The van der Waals surface area contributed by atoms with Crippen LogP contribution in [-0.4, -0.2) is 0 Å². The molecule has 1 heteroatoms. The Morgan fingerprint density at radius 1 is 0.778 bits per heavy atom. The van der Waals surface area contributed by atoms with E-state index in [9.17, 15) is 4.39 Å². The first-order chi connectivity index (χ1) is 13.2. The molecule has 0 aliphatic rings. The van der Waals surface area contributed by atoms with Crippen LogP contribution in [-0.2, 0) is 19.3 Å². The Bertz CT molecular complexity index is 837.